The summed E-state index contributed by atoms with van der Waals surface area (Å²) in [6.45, 7) is 0. The van der Waals surface area contributed by atoms with Gasteiger partial charge in [-0.2, -0.15) is 0 Å². The first-order chi connectivity index (χ1) is 7.65. The zero-order chi connectivity index (χ0) is 11.3. The lowest BCUT2D eigenvalue weighted by atomic mass is 10.1. The third-order valence-corrected chi connectivity index (χ3v) is 3.23. The molecule has 1 atom stereocenters. The van der Waals surface area contributed by atoms with Gasteiger partial charge < -0.3 is 5.32 Å². The normalized spacial score (nSPS) is 26.9. The van der Waals surface area contributed by atoms with Crippen molar-refractivity contribution in [2.45, 2.75) is 24.9 Å². The van der Waals surface area contributed by atoms with E-state index in [1.807, 2.05) is 0 Å². The number of nitrogens with zero attached hydrogens (tertiary/aromatic N) is 1. The molecule has 0 saturated carbocycles. The molecule has 0 aliphatic carbocycles. The first-order valence-corrected chi connectivity index (χ1v) is 5.13. The first-order valence-electron chi connectivity index (χ1n) is 5.13. The van der Waals surface area contributed by atoms with Crippen molar-refractivity contribution in [3.8, 4) is 0 Å². The van der Waals surface area contributed by atoms with Crippen molar-refractivity contribution in [1.82, 2.24) is 0 Å². The maximum absolute atomic E-state index is 13.2. The third kappa shape index (κ3) is 0.977. The Labute approximate surface area is 91.0 Å². The Morgan fingerprint density at radius 3 is 2.88 bits per heavy atom. The molecule has 1 aromatic carbocycles. The largest absolute Gasteiger partial charge is 0.356 e. The Kier molecular flexibility index (Phi) is 1.75. The number of amides is 1. The molecule has 1 fully saturated rings. The first kappa shape index (κ1) is 9.57. The number of fused-ring (bicyclic) bond motifs is 3. The Morgan fingerprint density at radius 1 is 1.38 bits per heavy atom. The zero-order valence-electron chi connectivity index (χ0n) is 8.41. The van der Waals surface area contributed by atoms with Gasteiger partial charge in [0.05, 0.1) is 11.4 Å². The van der Waals surface area contributed by atoms with Gasteiger partial charge >= 0.3 is 0 Å². The van der Waals surface area contributed by atoms with Gasteiger partial charge in [-0.15, -0.1) is 0 Å². The minimum atomic E-state index is -2.59. The highest BCUT2D eigenvalue weighted by Gasteiger charge is 2.57. The van der Waals surface area contributed by atoms with Gasteiger partial charge in [-0.25, -0.2) is 8.78 Å². The topological polar surface area (TPSA) is 32.3 Å². The Balaban J connectivity index is 2.16. The molecule has 1 saturated heterocycles. The molecule has 1 N–H and O–H groups in total. The van der Waals surface area contributed by atoms with Crippen LogP contribution < -0.4 is 10.2 Å². The van der Waals surface area contributed by atoms with E-state index in [9.17, 15) is 13.6 Å². The average molecular weight is 224 g/mol. The van der Waals surface area contributed by atoms with E-state index in [1.54, 1.807) is 24.3 Å². The van der Waals surface area contributed by atoms with Crippen LogP contribution in [-0.2, 0) is 4.79 Å². The zero-order valence-corrected chi connectivity index (χ0v) is 8.41. The molecule has 3 nitrogen and oxygen atoms in total. The summed E-state index contributed by atoms with van der Waals surface area (Å²) in [5, 5.41) is 2.79. The maximum Gasteiger partial charge on any atom is 0.279 e. The second-order valence-corrected chi connectivity index (χ2v) is 4.10. The number of carbonyl (C=O) groups excluding carboxylic acids is 1. The Hall–Kier alpha value is -1.65. The number of alkyl halides is 2. The smallest absolute Gasteiger partial charge is 0.279 e. The Bertz CT molecular complexity index is 463. The van der Waals surface area contributed by atoms with Crippen molar-refractivity contribution >= 4 is 17.3 Å². The third-order valence-electron chi connectivity index (χ3n) is 3.23. The van der Waals surface area contributed by atoms with Crippen LogP contribution in [0.5, 0.6) is 0 Å². The summed E-state index contributed by atoms with van der Waals surface area (Å²) in [6.07, 6.45) is -2.27. The number of para-hydroxylation sites is 2. The molecule has 2 aliphatic rings. The van der Waals surface area contributed by atoms with Crippen molar-refractivity contribution in [2.24, 2.45) is 0 Å². The van der Waals surface area contributed by atoms with Crippen molar-refractivity contribution in [3.63, 3.8) is 0 Å². The van der Waals surface area contributed by atoms with Crippen molar-refractivity contribution in [2.75, 3.05) is 10.2 Å². The summed E-state index contributed by atoms with van der Waals surface area (Å²) in [6, 6.07) is 6.91. The van der Waals surface area contributed by atoms with E-state index in [1.165, 1.54) is 4.90 Å². The maximum atomic E-state index is 13.2. The Morgan fingerprint density at radius 2 is 2.12 bits per heavy atom. The fraction of sp³-hybridized carbons (Fsp3) is 0.364. The van der Waals surface area contributed by atoms with Gasteiger partial charge in [-0.05, 0) is 12.1 Å². The second kappa shape index (κ2) is 2.93. The van der Waals surface area contributed by atoms with Crippen LogP contribution in [0.4, 0.5) is 20.2 Å². The van der Waals surface area contributed by atoms with Crippen LogP contribution in [0.3, 0.4) is 0 Å². The summed E-state index contributed by atoms with van der Waals surface area (Å²) in [5.74, 6) is -0.238. The number of hydrogen-bond donors (Lipinski definition) is 1. The standard InChI is InChI=1S/C11H10F2N2O/c12-10(13)11-6-5-9(16)15(11)8-4-2-1-3-7(8)14-11/h1-4,10,14H,5-6H2/t11-/m0/s1. The molecule has 0 unspecified atom stereocenters. The van der Waals surface area contributed by atoms with E-state index in [4.69, 9.17) is 0 Å². The summed E-state index contributed by atoms with van der Waals surface area (Å²) in [5.41, 5.74) is -0.345. The molecule has 0 spiro atoms. The van der Waals surface area contributed by atoms with Gasteiger partial charge in [-0.3, -0.25) is 9.69 Å². The van der Waals surface area contributed by atoms with Crippen LogP contribution in [0, 0.1) is 0 Å². The molecule has 1 amide bonds. The molecule has 2 heterocycles. The lowest BCUT2D eigenvalue weighted by molar-refractivity contribution is -0.117. The minimum absolute atomic E-state index is 0.151. The van der Waals surface area contributed by atoms with E-state index in [-0.39, 0.29) is 18.7 Å². The predicted molar refractivity (Wildman–Crippen MR) is 55.5 cm³/mol. The van der Waals surface area contributed by atoms with E-state index in [0.717, 1.165) is 0 Å². The second-order valence-electron chi connectivity index (χ2n) is 4.10. The van der Waals surface area contributed by atoms with Gasteiger partial charge in [0.2, 0.25) is 5.91 Å². The number of hydrogen-bond acceptors (Lipinski definition) is 2. The highest BCUT2D eigenvalue weighted by molar-refractivity contribution is 6.04. The predicted octanol–water partition coefficient (Wildman–Crippen LogP) is 2.20. The van der Waals surface area contributed by atoms with Gasteiger partial charge in [0.1, 0.15) is 0 Å². The van der Waals surface area contributed by atoms with E-state index in [0.29, 0.717) is 11.4 Å². The molecule has 84 valence electrons. The number of benzene rings is 1. The molecule has 5 heteroatoms. The van der Waals surface area contributed by atoms with E-state index < -0.39 is 12.1 Å². The molecular formula is C11H10F2N2O. The van der Waals surface area contributed by atoms with E-state index in [2.05, 4.69) is 5.32 Å². The molecule has 0 bridgehead atoms. The van der Waals surface area contributed by atoms with Crippen LogP contribution in [0.2, 0.25) is 0 Å². The monoisotopic (exact) mass is 224 g/mol. The van der Waals surface area contributed by atoms with Gasteiger partial charge in [0.25, 0.3) is 6.43 Å². The van der Waals surface area contributed by atoms with Crippen LogP contribution >= 0.6 is 0 Å². The molecule has 0 radical (unpaired) electrons. The summed E-state index contributed by atoms with van der Waals surface area (Å²) in [7, 11) is 0. The molecule has 3 rings (SSSR count). The van der Waals surface area contributed by atoms with Crippen LogP contribution in [0.15, 0.2) is 24.3 Å². The lowest BCUT2D eigenvalue weighted by Crippen LogP contribution is -2.53. The number of anilines is 2. The van der Waals surface area contributed by atoms with E-state index >= 15 is 0 Å². The molecule has 1 aromatic rings. The minimum Gasteiger partial charge on any atom is -0.356 e. The van der Waals surface area contributed by atoms with Crippen LogP contribution in [-0.4, -0.2) is 18.0 Å². The summed E-state index contributed by atoms with van der Waals surface area (Å²) >= 11 is 0. The quantitative estimate of drug-likeness (QED) is 0.793. The van der Waals surface area contributed by atoms with Crippen LogP contribution in [0.25, 0.3) is 0 Å². The molecule has 0 aromatic heterocycles. The average Bonchev–Trinajstić information content (AvgIpc) is 2.75. The highest BCUT2D eigenvalue weighted by Crippen LogP contribution is 2.48. The molecule has 2 aliphatic heterocycles. The van der Waals surface area contributed by atoms with Crippen molar-refractivity contribution in [1.29, 1.82) is 0 Å². The van der Waals surface area contributed by atoms with Gasteiger partial charge in [0, 0.05) is 12.8 Å². The number of halogens is 2. The SMILES string of the molecule is O=C1CC[C@]2(C(F)F)Nc3ccccc3N12. The van der Waals surface area contributed by atoms with Crippen LogP contribution in [0.1, 0.15) is 12.8 Å². The number of carbonyl (C=O) groups is 1. The fourth-order valence-electron chi connectivity index (χ4n) is 2.48. The number of rotatable bonds is 1. The van der Waals surface area contributed by atoms with Gasteiger partial charge in [0.15, 0.2) is 5.66 Å². The molecule has 16 heavy (non-hydrogen) atoms. The van der Waals surface area contributed by atoms with Crippen molar-refractivity contribution in [3.05, 3.63) is 24.3 Å². The fourth-order valence-corrected chi connectivity index (χ4v) is 2.48. The summed E-state index contributed by atoms with van der Waals surface area (Å²) < 4.78 is 26.3. The van der Waals surface area contributed by atoms with Gasteiger partial charge in [-0.1, -0.05) is 12.1 Å². The molecular weight excluding hydrogens is 214 g/mol. The number of nitrogens with one attached hydrogen (secondary N) is 1. The summed E-state index contributed by atoms with van der Waals surface area (Å²) in [4.78, 5) is 12.9. The highest BCUT2D eigenvalue weighted by atomic mass is 19.3. The lowest BCUT2D eigenvalue weighted by Gasteiger charge is -2.31. The van der Waals surface area contributed by atoms with Crippen molar-refractivity contribution < 1.29 is 13.6 Å².